The van der Waals surface area contributed by atoms with Crippen LogP contribution in [0.3, 0.4) is 0 Å². The zero-order chi connectivity index (χ0) is 11.0. The molecule has 1 aromatic rings. The monoisotopic (exact) mass is 250 g/mol. The van der Waals surface area contributed by atoms with Gasteiger partial charge in [0.15, 0.2) is 5.12 Å². The third-order valence-electron chi connectivity index (χ3n) is 3.57. The molecule has 0 radical (unpaired) electrons. The lowest BCUT2D eigenvalue weighted by Crippen LogP contribution is -2.31. The van der Waals surface area contributed by atoms with Crippen LogP contribution in [0.25, 0.3) is 0 Å². The highest BCUT2D eigenvalue weighted by Crippen LogP contribution is 2.43. The Kier molecular flexibility index (Phi) is 2.90. The van der Waals surface area contributed by atoms with Crippen LogP contribution in [0.1, 0.15) is 19.3 Å². The van der Waals surface area contributed by atoms with Crippen LogP contribution < -0.4 is 0 Å². The Balaban J connectivity index is 1.70. The summed E-state index contributed by atoms with van der Waals surface area (Å²) in [6.07, 6.45) is 8.17. The van der Waals surface area contributed by atoms with Crippen molar-refractivity contribution in [1.29, 1.82) is 0 Å². The number of thioether (sulfide) groups is 1. The summed E-state index contributed by atoms with van der Waals surface area (Å²) in [6, 6.07) is 4.04. The summed E-state index contributed by atoms with van der Waals surface area (Å²) >= 11 is 3.10. The van der Waals surface area contributed by atoms with Crippen molar-refractivity contribution in [1.82, 2.24) is 0 Å². The molecule has 1 saturated carbocycles. The van der Waals surface area contributed by atoms with Gasteiger partial charge in [0.05, 0.1) is 4.21 Å². The van der Waals surface area contributed by atoms with Crippen molar-refractivity contribution in [3.63, 3.8) is 0 Å². The molecule has 1 heterocycles. The maximum Gasteiger partial charge on any atom is 0.198 e. The minimum absolute atomic E-state index is 0.274. The first-order chi connectivity index (χ1) is 7.83. The van der Waals surface area contributed by atoms with Gasteiger partial charge >= 0.3 is 0 Å². The second kappa shape index (κ2) is 4.38. The van der Waals surface area contributed by atoms with Crippen molar-refractivity contribution >= 4 is 28.2 Å². The summed E-state index contributed by atoms with van der Waals surface area (Å²) in [5, 5.41) is 2.41. The first kappa shape index (κ1) is 10.6. The molecule has 0 aliphatic heterocycles. The highest BCUT2D eigenvalue weighted by molar-refractivity contribution is 8.15. The molecule has 1 fully saturated rings. The molecular formula is C13H14OS2. The fourth-order valence-corrected chi connectivity index (χ4v) is 4.52. The minimum Gasteiger partial charge on any atom is -0.286 e. The lowest BCUT2D eigenvalue weighted by atomic mass is 9.70. The summed E-state index contributed by atoms with van der Waals surface area (Å²) in [6.45, 7) is 0. The molecule has 0 unspecified atom stereocenters. The molecule has 0 spiro atoms. The topological polar surface area (TPSA) is 17.1 Å². The highest BCUT2D eigenvalue weighted by atomic mass is 32.2. The molecule has 3 aliphatic rings. The van der Waals surface area contributed by atoms with Crippen LogP contribution in [0, 0.1) is 17.8 Å². The van der Waals surface area contributed by atoms with Crippen LogP contribution in [0.2, 0.25) is 0 Å². The predicted octanol–water partition coefficient (Wildman–Crippen LogP) is 3.97. The van der Waals surface area contributed by atoms with E-state index in [4.69, 9.17) is 0 Å². The Morgan fingerprint density at radius 3 is 2.88 bits per heavy atom. The molecule has 1 aromatic heterocycles. The van der Waals surface area contributed by atoms with Gasteiger partial charge < -0.3 is 0 Å². The molecule has 3 aliphatic carbocycles. The zero-order valence-electron chi connectivity index (χ0n) is 8.96. The molecule has 3 heteroatoms. The number of hydrogen-bond acceptors (Lipinski definition) is 3. The quantitative estimate of drug-likeness (QED) is 0.583. The van der Waals surface area contributed by atoms with Crippen LogP contribution in [0.5, 0.6) is 0 Å². The van der Waals surface area contributed by atoms with Crippen LogP contribution in [0.4, 0.5) is 0 Å². The van der Waals surface area contributed by atoms with E-state index < -0.39 is 0 Å². The van der Waals surface area contributed by atoms with Crippen LogP contribution in [-0.4, -0.2) is 5.12 Å². The lowest BCUT2D eigenvalue weighted by molar-refractivity contribution is -0.116. The largest absolute Gasteiger partial charge is 0.286 e. The van der Waals surface area contributed by atoms with Crippen molar-refractivity contribution in [3.8, 4) is 0 Å². The molecule has 1 nitrogen and oxygen atoms in total. The Labute approximate surface area is 104 Å². The van der Waals surface area contributed by atoms with Gasteiger partial charge in [-0.25, -0.2) is 0 Å². The predicted molar refractivity (Wildman–Crippen MR) is 68.6 cm³/mol. The molecular weight excluding hydrogens is 236 g/mol. The average Bonchev–Trinajstić information content (AvgIpc) is 2.83. The molecule has 0 N–H and O–H groups in total. The van der Waals surface area contributed by atoms with Gasteiger partial charge in [-0.3, -0.25) is 4.79 Å². The Hall–Kier alpha value is -0.540. The van der Waals surface area contributed by atoms with E-state index in [-0.39, 0.29) is 5.92 Å². The second-order valence-electron chi connectivity index (χ2n) is 4.58. The maximum atomic E-state index is 12.2. The maximum absolute atomic E-state index is 12.2. The number of allylic oxidation sites excluding steroid dienone is 2. The van der Waals surface area contributed by atoms with Gasteiger partial charge in [0, 0.05) is 5.92 Å². The number of carbonyl (C=O) groups excluding carboxylic acids is 1. The Morgan fingerprint density at radius 2 is 2.31 bits per heavy atom. The highest BCUT2D eigenvalue weighted by Gasteiger charge is 2.36. The molecule has 16 heavy (non-hydrogen) atoms. The van der Waals surface area contributed by atoms with E-state index in [0.29, 0.717) is 17.0 Å². The Morgan fingerprint density at radius 1 is 1.38 bits per heavy atom. The van der Waals surface area contributed by atoms with E-state index in [9.17, 15) is 4.79 Å². The number of thiophene rings is 1. The van der Waals surface area contributed by atoms with Gasteiger partial charge in [-0.15, -0.1) is 11.3 Å². The summed E-state index contributed by atoms with van der Waals surface area (Å²) < 4.78 is 1.13. The molecule has 2 bridgehead atoms. The Bertz CT molecular complexity index is 408. The van der Waals surface area contributed by atoms with Crippen LogP contribution in [0.15, 0.2) is 33.9 Å². The SMILES string of the molecule is O=C(Sc1cccs1)[C@@H]1C[C@H]2C=C[C@@H]1CC2. The molecule has 0 amide bonds. The molecule has 3 atom stereocenters. The van der Waals surface area contributed by atoms with E-state index in [2.05, 4.69) is 12.2 Å². The van der Waals surface area contributed by atoms with Crippen LogP contribution in [-0.2, 0) is 4.79 Å². The first-order valence-corrected chi connectivity index (χ1v) is 7.46. The zero-order valence-corrected chi connectivity index (χ0v) is 10.6. The number of fused-ring (bicyclic) bond motifs is 2. The smallest absolute Gasteiger partial charge is 0.198 e. The molecule has 0 saturated heterocycles. The van der Waals surface area contributed by atoms with Crippen molar-refractivity contribution in [3.05, 3.63) is 29.7 Å². The third kappa shape index (κ3) is 1.98. The van der Waals surface area contributed by atoms with Crippen molar-refractivity contribution in [2.24, 2.45) is 17.8 Å². The van der Waals surface area contributed by atoms with E-state index in [1.807, 2.05) is 17.5 Å². The lowest BCUT2D eigenvalue weighted by Gasteiger charge is -2.36. The van der Waals surface area contributed by atoms with Gasteiger partial charge in [0.1, 0.15) is 0 Å². The van der Waals surface area contributed by atoms with Gasteiger partial charge in [-0.1, -0.05) is 18.2 Å². The van der Waals surface area contributed by atoms with Crippen LogP contribution >= 0.6 is 23.1 Å². The number of rotatable bonds is 2. The molecule has 0 aromatic carbocycles. The normalized spacial score (nSPS) is 31.9. The van der Waals surface area contributed by atoms with Gasteiger partial charge in [-0.2, -0.15) is 0 Å². The first-order valence-electron chi connectivity index (χ1n) is 5.76. The summed E-state index contributed by atoms with van der Waals surface area (Å²) in [5.74, 6) is 1.46. The van der Waals surface area contributed by atoms with Gasteiger partial charge in [0.25, 0.3) is 0 Å². The van der Waals surface area contributed by atoms with E-state index in [1.165, 1.54) is 24.6 Å². The van der Waals surface area contributed by atoms with E-state index in [1.54, 1.807) is 11.3 Å². The fourth-order valence-electron chi connectivity index (χ4n) is 2.70. The van der Waals surface area contributed by atoms with E-state index >= 15 is 0 Å². The number of hydrogen-bond donors (Lipinski definition) is 0. The fraction of sp³-hybridized carbons (Fsp3) is 0.462. The minimum atomic E-state index is 0.274. The second-order valence-corrected chi connectivity index (χ2v) is 6.83. The van der Waals surface area contributed by atoms with E-state index in [0.717, 1.165) is 10.6 Å². The third-order valence-corrected chi connectivity index (χ3v) is 5.62. The van der Waals surface area contributed by atoms with Gasteiger partial charge in [-0.05, 0) is 54.3 Å². The van der Waals surface area contributed by atoms with Crippen molar-refractivity contribution < 1.29 is 4.79 Å². The van der Waals surface area contributed by atoms with Crippen molar-refractivity contribution in [2.45, 2.75) is 23.5 Å². The summed E-state index contributed by atoms with van der Waals surface area (Å²) in [5.41, 5.74) is 0. The van der Waals surface area contributed by atoms with Crippen molar-refractivity contribution in [2.75, 3.05) is 0 Å². The van der Waals surface area contributed by atoms with Gasteiger partial charge in [0.2, 0.25) is 0 Å². The summed E-state index contributed by atoms with van der Waals surface area (Å²) in [4.78, 5) is 12.2. The molecule has 4 rings (SSSR count). The average molecular weight is 250 g/mol. The molecule has 84 valence electrons. The standard InChI is InChI=1S/C13H14OS2/c14-13(16-12-2-1-7-15-12)11-8-9-3-5-10(11)6-4-9/h1-3,5,7,9-11H,4,6,8H2/t9-,10+,11+/m0/s1. The number of carbonyl (C=O) groups is 1. The summed E-state index contributed by atoms with van der Waals surface area (Å²) in [7, 11) is 0.